The molecule has 0 N–H and O–H groups in total. The summed E-state index contributed by atoms with van der Waals surface area (Å²) in [4.78, 5) is 0. The second kappa shape index (κ2) is 13.2. The van der Waals surface area contributed by atoms with E-state index in [1.807, 2.05) is 19.9 Å². The molecule has 0 unspecified atom stereocenters. The average Bonchev–Trinajstić information content (AvgIpc) is 2.89. The van der Waals surface area contributed by atoms with E-state index in [1.54, 1.807) is 0 Å². The van der Waals surface area contributed by atoms with E-state index < -0.39 is 37.7 Å². The van der Waals surface area contributed by atoms with Crippen molar-refractivity contribution < 1.29 is 52.6 Å². The fourth-order valence-electron chi connectivity index (χ4n) is 4.09. The Kier molecular flexibility index (Phi) is 10.3. The highest BCUT2D eigenvalue weighted by atomic mass is 32.2. The molecule has 0 amide bonds. The summed E-state index contributed by atoms with van der Waals surface area (Å²) in [6, 6.07) is 9.91. The van der Waals surface area contributed by atoms with Crippen molar-refractivity contribution in [1.82, 2.24) is 0 Å². The van der Waals surface area contributed by atoms with E-state index in [-0.39, 0.29) is 51.9 Å². The molecule has 0 bridgehead atoms. The Morgan fingerprint density at radius 1 is 0.791 bits per heavy atom. The van der Waals surface area contributed by atoms with Gasteiger partial charge in [-0.15, -0.1) is 0 Å². The third-order valence-electron chi connectivity index (χ3n) is 5.76. The van der Waals surface area contributed by atoms with Crippen molar-refractivity contribution in [2.45, 2.75) is 26.4 Å². The minimum atomic E-state index is -4.65. The topological polar surface area (TPSA) is 114 Å². The molecule has 14 heteroatoms. The Morgan fingerprint density at radius 2 is 1.47 bits per heavy atom. The molecule has 0 heterocycles. The molecule has 3 aromatic carbocycles. The minimum Gasteiger partial charge on any atom is -0.496 e. The molecule has 234 valence electrons. The van der Waals surface area contributed by atoms with Crippen LogP contribution in [-0.4, -0.2) is 50.2 Å². The third kappa shape index (κ3) is 9.04. The molecule has 0 spiro atoms. The molecule has 0 aromatic heterocycles. The summed E-state index contributed by atoms with van der Waals surface area (Å²) in [6.45, 7) is 4.04. The van der Waals surface area contributed by atoms with Crippen molar-refractivity contribution >= 4 is 20.2 Å². The van der Waals surface area contributed by atoms with Crippen LogP contribution in [0.1, 0.15) is 25.8 Å². The molecule has 0 aliphatic heterocycles. The second-order valence-electron chi connectivity index (χ2n) is 9.60. The largest absolute Gasteiger partial charge is 0.496 e. The quantitative estimate of drug-likeness (QED) is 0.124. The number of halogens is 3. The number of methoxy groups -OCH3 is 2. The standard InChI is InChI=1S/C29H31F3O9S2/c1-18(2)9-8-14-39-23-13-12-20(16-24(23)40-42(5,33)34)26-25(37-3)17-22(27(38-4)28(26)41-43(6,35)36)19-10-7-11-21(15-19)29(30,31)32/h7,9-13,15-17H,8,14H2,1-6H3. The zero-order valence-corrected chi connectivity index (χ0v) is 25.9. The Morgan fingerprint density at radius 3 is 2.02 bits per heavy atom. The van der Waals surface area contributed by atoms with Crippen LogP contribution in [0, 0.1) is 0 Å². The molecule has 9 nitrogen and oxygen atoms in total. The van der Waals surface area contributed by atoms with E-state index >= 15 is 0 Å². The van der Waals surface area contributed by atoms with E-state index in [2.05, 4.69) is 0 Å². The SMILES string of the molecule is COc1cc(-c2cccc(C(F)(F)F)c2)c(OC)c(OS(C)(=O)=O)c1-c1ccc(OCCC=C(C)C)c(OS(C)(=O)=O)c1. The van der Waals surface area contributed by atoms with Crippen LogP contribution in [-0.2, 0) is 26.4 Å². The highest BCUT2D eigenvalue weighted by molar-refractivity contribution is 7.86. The monoisotopic (exact) mass is 644 g/mol. The van der Waals surface area contributed by atoms with Gasteiger partial charge < -0.3 is 22.6 Å². The van der Waals surface area contributed by atoms with Gasteiger partial charge in [-0.25, -0.2) is 0 Å². The number of alkyl halides is 3. The van der Waals surface area contributed by atoms with Crippen molar-refractivity contribution in [3.05, 3.63) is 65.7 Å². The van der Waals surface area contributed by atoms with Crippen LogP contribution in [0.4, 0.5) is 13.2 Å². The first kappa shape index (κ1) is 33.6. The fraction of sp³-hybridized carbons (Fsp3) is 0.310. The lowest BCUT2D eigenvalue weighted by atomic mass is 9.95. The number of rotatable bonds is 12. The molecule has 0 saturated carbocycles. The summed E-state index contributed by atoms with van der Waals surface area (Å²) < 4.78 is 117. The predicted molar refractivity (Wildman–Crippen MR) is 156 cm³/mol. The zero-order chi connectivity index (χ0) is 32.2. The molecular weight excluding hydrogens is 613 g/mol. The van der Waals surface area contributed by atoms with Gasteiger partial charge in [0.2, 0.25) is 0 Å². The number of hydrogen-bond acceptors (Lipinski definition) is 9. The van der Waals surface area contributed by atoms with Crippen molar-refractivity contribution in [3.63, 3.8) is 0 Å². The molecule has 0 aliphatic carbocycles. The van der Waals surface area contributed by atoms with Crippen LogP contribution in [0.3, 0.4) is 0 Å². The lowest BCUT2D eigenvalue weighted by molar-refractivity contribution is -0.137. The highest BCUT2D eigenvalue weighted by Crippen LogP contribution is 2.52. The zero-order valence-electron chi connectivity index (χ0n) is 24.2. The lowest BCUT2D eigenvalue weighted by Gasteiger charge is -2.21. The summed E-state index contributed by atoms with van der Waals surface area (Å²) in [7, 11) is -5.82. The second-order valence-corrected chi connectivity index (χ2v) is 12.7. The van der Waals surface area contributed by atoms with E-state index in [1.165, 1.54) is 50.6 Å². The van der Waals surface area contributed by atoms with E-state index in [0.717, 1.165) is 30.2 Å². The van der Waals surface area contributed by atoms with Gasteiger partial charge in [0.1, 0.15) is 5.75 Å². The molecule has 0 atom stereocenters. The van der Waals surface area contributed by atoms with Gasteiger partial charge in [-0.3, -0.25) is 0 Å². The maximum Gasteiger partial charge on any atom is 0.416 e. The molecule has 3 rings (SSSR count). The summed E-state index contributed by atoms with van der Waals surface area (Å²) in [5.74, 6) is -0.749. The first-order valence-electron chi connectivity index (χ1n) is 12.6. The van der Waals surface area contributed by atoms with Gasteiger partial charge in [-0.05, 0) is 61.7 Å². The summed E-state index contributed by atoms with van der Waals surface area (Å²) >= 11 is 0. The van der Waals surface area contributed by atoms with Crippen molar-refractivity contribution in [3.8, 4) is 51.0 Å². The third-order valence-corrected chi connectivity index (χ3v) is 6.71. The molecule has 0 radical (unpaired) electrons. The normalized spacial score (nSPS) is 11.9. The molecule has 43 heavy (non-hydrogen) atoms. The number of hydrogen-bond donors (Lipinski definition) is 0. The number of benzene rings is 3. The van der Waals surface area contributed by atoms with Gasteiger partial charge in [0.25, 0.3) is 0 Å². The maximum absolute atomic E-state index is 13.5. The molecule has 0 saturated heterocycles. The smallest absolute Gasteiger partial charge is 0.416 e. The van der Waals surface area contributed by atoms with Crippen LogP contribution >= 0.6 is 0 Å². The first-order chi connectivity index (χ1) is 19.9. The van der Waals surface area contributed by atoms with Gasteiger partial charge in [0, 0.05) is 5.56 Å². The summed E-state index contributed by atoms with van der Waals surface area (Å²) in [6.07, 6.45) is -0.551. The molecule has 0 fully saturated rings. The van der Waals surface area contributed by atoms with E-state index in [0.29, 0.717) is 6.42 Å². The number of allylic oxidation sites excluding steroid dienone is 1. The number of ether oxygens (including phenoxy) is 3. The predicted octanol–water partition coefficient (Wildman–Crippen LogP) is 6.47. The summed E-state index contributed by atoms with van der Waals surface area (Å²) in [5.41, 5.74) is 0.369. The van der Waals surface area contributed by atoms with Crippen LogP contribution in [0.25, 0.3) is 22.3 Å². The maximum atomic E-state index is 13.5. The first-order valence-corrected chi connectivity index (χ1v) is 16.2. The van der Waals surface area contributed by atoms with Gasteiger partial charge in [0.05, 0.1) is 44.5 Å². The van der Waals surface area contributed by atoms with E-state index in [4.69, 9.17) is 22.6 Å². The van der Waals surface area contributed by atoms with Gasteiger partial charge in [0.15, 0.2) is 23.0 Å². The lowest BCUT2D eigenvalue weighted by Crippen LogP contribution is -2.10. The Labute approximate surface area is 249 Å². The van der Waals surface area contributed by atoms with Crippen LogP contribution in [0.15, 0.2) is 60.2 Å². The summed E-state index contributed by atoms with van der Waals surface area (Å²) in [5, 5.41) is 0. The molecule has 3 aromatic rings. The van der Waals surface area contributed by atoms with Gasteiger partial charge >= 0.3 is 26.4 Å². The Balaban J connectivity index is 2.32. The molecular formula is C29H31F3O9S2. The van der Waals surface area contributed by atoms with Crippen LogP contribution in [0.5, 0.6) is 28.7 Å². The Hall–Kier alpha value is -3.91. The minimum absolute atomic E-state index is 0.00468. The highest BCUT2D eigenvalue weighted by Gasteiger charge is 2.32. The van der Waals surface area contributed by atoms with Gasteiger partial charge in [-0.1, -0.05) is 29.8 Å². The van der Waals surface area contributed by atoms with Crippen LogP contribution < -0.4 is 22.6 Å². The van der Waals surface area contributed by atoms with Crippen molar-refractivity contribution in [2.24, 2.45) is 0 Å². The molecule has 0 aliphatic rings. The van der Waals surface area contributed by atoms with Crippen molar-refractivity contribution in [2.75, 3.05) is 33.3 Å². The fourth-order valence-corrected chi connectivity index (χ4v) is 5.01. The van der Waals surface area contributed by atoms with E-state index in [9.17, 15) is 30.0 Å². The van der Waals surface area contributed by atoms with Crippen molar-refractivity contribution in [1.29, 1.82) is 0 Å². The average molecular weight is 645 g/mol. The Bertz CT molecular complexity index is 1730. The van der Waals surface area contributed by atoms with Gasteiger partial charge in [-0.2, -0.15) is 30.0 Å². The van der Waals surface area contributed by atoms with Crippen LogP contribution in [0.2, 0.25) is 0 Å².